The lowest BCUT2D eigenvalue weighted by Gasteiger charge is -1.98. The highest BCUT2D eigenvalue weighted by atomic mass is 16.3. The highest BCUT2D eigenvalue weighted by molar-refractivity contribution is 5.84. The molecule has 0 fully saturated rings. The molecule has 0 atom stereocenters. The first-order chi connectivity index (χ1) is 7.31. The van der Waals surface area contributed by atoms with Gasteiger partial charge in [-0.15, -0.1) is 0 Å². The summed E-state index contributed by atoms with van der Waals surface area (Å²) in [4.78, 5) is 13.2. The Kier molecular flexibility index (Phi) is 2.58. The number of aromatic amines is 1. The number of benzene rings is 1. The molecule has 0 aliphatic heterocycles. The van der Waals surface area contributed by atoms with Crippen molar-refractivity contribution >= 4 is 17.3 Å². The van der Waals surface area contributed by atoms with E-state index >= 15 is 0 Å². The average molecular weight is 204 g/mol. The van der Waals surface area contributed by atoms with E-state index < -0.39 is 0 Å². The smallest absolute Gasteiger partial charge is 0.207 e. The minimum atomic E-state index is 0.252. The van der Waals surface area contributed by atoms with Crippen LogP contribution >= 0.6 is 0 Å². The lowest BCUT2D eigenvalue weighted by molar-refractivity contribution is -0.109. The number of carbonyl (C=O) groups excluding carboxylic acids is 1. The first kappa shape index (κ1) is 9.58. The lowest BCUT2D eigenvalue weighted by Crippen LogP contribution is -2.14. The fraction of sp³-hybridized carbons (Fsp3) is 0.182. The predicted molar refractivity (Wildman–Crippen MR) is 57.7 cm³/mol. The standard InChI is InChI=1S/C11H12N2O2/c14-7-12-4-3-8-6-13-11-5-9(15)1-2-10(8)11/h1-2,5-7,13,15H,3-4H2,(H,12,14). The highest BCUT2D eigenvalue weighted by Crippen LogP contribution is 2.22. The van der Waals surface area contributed by atoms with Gasteiger partial charge in [0.1, 0.15) is 5.75 Å². The number of rotatable bonds is 4. The zero-order chi connectivity index (χ0) is 10.7. The van der Waals surface area contributed by atoms with Crippen LogP contribution in [0, 0.1) is 0 Å². The SMILES string of the molecule is O=CNCCc1c[nH]c2cc(O)ccc12. The highest BCUT2D eigenvalue weighted by Gasteiger charge is 2.03. The summed E-state index contributed by atoms with van der Waals surface area (Å²) in [7, 11) is 0. The van der Waals surface area contributed by atoms with Gasteiger partial charge in [-0.05, 0) is 24.1 Å². The number of amides is 1. The topological polar surface area (TPSA) is 65.1 Å². The molecule has 0 saturated heterocycles. The van der Waals surface area contributed by atoms with Gasteiger partial charge in [-0.25, -0.2) is 0 Å². The Bertz CT molecular complexity index is 476. The Morgan fingerprint density at radius 2 is 2.33 bits per heavy atom. The number of nitrogens with one attached hydrogen (secondary N) is 2. The molecule has 4 heteroatoms. The first-order valence-corrected chi connectivity index (χ1v) is 4.77. The summed E-state index contributed by atoms with van der Waals surface area (Å²) in [5.74, 6) is 0.252. The molecule has 0 spiro atoms. The van der Waals surface area contributed by atoms with Gasteiger partial charge in [0.2, 0.25) is 6.41 Å². The molecule has 3 N–H and O–H groups in total. The summed E-state index contributed by atoms with van der Waals surface area (Å²) < 4.78 is 0. The van der Waals surface area contributed by atoms with Gasteiger partial charge in [0, 0.05) is 29.7 Å². The van der Waals surface area contributed by atoms with Crippen LogP contribution in [-0.2, 0) is 11.2 Å². The van der Waals surface area contributed by atoms with Crippen molar-refractivity contribution in [3.63, 3.8) is 0 Å². The number of fused-ring (bicyclic) bond motifs is 1. The second-order valence-electron chi connectivity index (χ2n) is 3.37. The molecule has 0 saturated carbocycles. The maximum Gasteiger partial charge on any atom is 0.207 e. The number of phenolic OH excluding ortho intramolecular Hbond substituents is 1. The predicted octanol–water partition coefficient (Wildman–Crippen LogP) is 1.16. The van der Waals surface area contributed by atoms with Crippen molar-refractivity contribution in [2.24, 2.45) is 0 Å². The maximum atomic E-state index is 10.1. The fourth-order valence-electron chi connectivity index (χ4n) is 1.65. The molecule has 1 aromatic heterocycles. The molecule has 15 heavy (non-hydrogen) atoms. The van der Waals surface area contributed by atoms with Gasteiger partial charge in [-0.2, -0.15) is 0 Å². The number of hydrogen-bond acceptors (Lipinski definition) is 2. The van der Waals surface area contributed by atoms with Gasteiger partial charge < -0.3 is 15.4 Å². The normalized spacial score (nSPS) is 10.4. The minimum absolute atomic E-state index is 0.252. The lowest BCUT2D eigenvalue weighted by atomic mass is 10.1. The summed E-state index contributed by atoms with van der Waals surface area (Å²) in [5, 5.41) is 13.0. The molecule has 0 aliphatic rings. The van der Waals surface area contributed by atoms with E-state index in [1.165, 1.54) is 0 Å². The molecule has 0 unspecified atom stereocenters. The van der Waals surface area contributed by atoms with Crippen molar-refractivity contribution in [1.82, 2.24) is 10.3 Å². The van der Waals surface area contributed by atoms with Crippen LogP contribution in [-0.4, -0.2) is 23.0 Å². The van der Waals surface area contributed by atoms with Crippen LogP contribution in [0.4, 0.5) is 0 Å². The monoisotopic (exact) mass is 204 g/mol. The van der Waals surface area contributed by atoms with Crippen LogP contribution in [0.5, 0.6) is 5.75 Å². The Morgan fingerprint density at radius 1 is 1.47 bits per heavy atom. The number of aromatic nitrogens is 1. The van der Waals surface area contributed by atoms with Gasteiger partial charge >= 0.3 is 0 Å². The van der Waals surface area contributed by atoms with Crippen LogP contribution in [0.2, 0.25) is 0 Å². The van der Waals surface area contributed by atoms with Crippen LogP contribution < -0.4 is 5.32 Å². The minimum Gasteiger partial charge on any atom is -0.508 e. The van der Waals surface area contributed by atoms with E-state index in [2.05, 4.69) is 10.3 Å². The molecule has 1 amide bonds. The van der Waals surface area contributed by atoms with E-state index in [9.17, 15) is 9.90 Å². The third-order valence-electron chi connectivity index (χ3n) is 2.37. The average Bonchev–Trinajstić information content (AvgIpc) is 2.61. The third kappa shape index (κ3) is 1.93. The second-order valence-corrected chi connectivity index (χ2v) is 3.37. The van der Waals surface area contributed by atoms with E-state index in [1.54, 1.807) is 12.1 Å². The first-order valence-electron chi connectivity index (χ1n) is 4.77. The van der Waals surface area contributed by atoms with E-state index in [1.807, 2.05) is 12.3 Å². The molecule has 4 nitrogen and oxygen atoms in total. The number of H-pyrrole nitrogens is 1. The van der Waals surface area contributed by atoms with Crippen molar-refractivity contribution in [1.29, 1.82) is 0 Å². The summed E-state index contributed by atoms with van der Waals surface area (Å²) in [5.41, 5.74) is 2.05. The number of hydrogen-bond donors (Lipinski definition) is 3. The van der Waals surface area contributed by atoms with Gasteiger partial charge in [-0.1, -0.05) is 0 Å². The molecule has 0 radical (unpaired) electrons. The van der Waals surface area contributed by atoms with Crippen molar-refractivity contribution in [2.75, 3.05) is 6.54 Å². The molecule has 1 heterocycles. The summed E-state index contributed by atoms with van der Waals surface area (Å²) in [6.45, 7) is 0.622. The van der Waals surface area contributed by atoms with Crippen LogP contribution in [0.25, 0.3) is 10.9 Å². The Hall–Kier alpha value is -1.97. The van der Waals surface area contributed by atoms with E-state index in [0.29, 0.717) is 13.0 Å². The van der Waals surface area contributed by atoms with E-state index in [-0.39, 0.29) is 5.75 Å². The quantitative estimate of drug-likeness (QED) is 0.517. The number of phenols is 1. The molecule has 2 rings (SSSR count). The number of aromatic hydroxyl groups is 1. The third-order valence-corrected chi connectivity index (χ3v) is 2.37. The Morgan fingerprint density at radius 3 is 3.13 bits per heavy atom. The van der Waals surface area contributed by atoms with Crippen molar-refractivity contribution in [3.8, 4) is 5.75 Å². The van der Waals surface area contributed by atoms with Crippen LogP contribution in [0.1, 0.15) is 5.56 Å². The van der Waals surface area contributed by atoms with Gasteiger partial charge in [0.05, 0.1) is 0 Å². The molecular formula is C11H12N2O2. The number of carbonyl (C=O) groups is 1. The van der Waals surface area contributed by atoms with Gasteiger partial charge in [0.25, 0.3) is 0 Å². The van der Waals surface area contributed by atoms with Gasteiger partial charge in [-0.3, -0.25) is 4.79 Å². The zero-order valence-electron chi connectivity index (χ0n) is 8.16. The second kappa shape index (κ2) is 4.04. The van der Waals surface area contributed by atoms with Crippen molar-refractivity contribution in [3.05, 3.63) is 30.0 Å². The zero-order valence-corrected chi connectivity index (χ0v) is 8.16. The Balaban J connectivity index is 2.24. The van der Waals surface area contributed by atoms with Gasteiger partial charge in [0.15, 0.2) is 0 Å². The van der Waals surface area contributed by atoms with E-state index in [4.69, 9.17) is 0 Å². The summed E-state index contributed by atoms with van der Waals surface area (Å²) >= 11 is 0. The summed E-state index contributed by atoms with van der Waals surface area (Å²) in [6, 6.07) is 5.22. The largest absolute Gasteiger partial charge is 0.508 e. The van der Waals surface area contributed by atoms with Crippen LogP contribution in [0.3, 0.4) is 0 Å². The van der Waals surface area contributed by atoms with Crippen LogP contribution in [0.15, 0.2) is 24.4 Å². The molecule has 0 aliphatic carbocycles. The van der Waals surface area contributed by atoms with E-state index in [0.717, 1.165) is 22.9 Å². The maximum absolute atomic E-state index is 10.1. The molecule has 2 aromatic rings. The Labute approximate surface area is 86.9 Å². The fourth-order valence-corrected chi connectivity index (χ4v) is 1.65. The molecular weight excluding hydrogens is 192 g/mol. The molecule has 78 valence electrons. The van der Waals surface area contributed by atoms with Crippen molar-refractivity contribution in [2.45, 2.75) is 6.42 Å². The van der Waals surface area contributed by atoms with Crippen molar-refractivity contribution < 1.29 is 9.90 Å². The summed E-state index contributed by atoms with van der Waals surface area (Å²) in [6.07, 6.45) is 3.38. The molecule has 0 bridgehead atoms. The molecule has 1 aromatic carbocycles.